The molecule has 4 nitrogen and oxygen atoms in total. The van der Waals surface area contributed by atoms with Crippen LogP contribution in [0.2, 0.25) is 0 Å². The molecule has 146 valence electrons. The zero-order valence-corrected chi connectivity index (χ0v) is 16.7. The molecule has 2 heterocycles. The number of hydrogen-bond donors (Lipinski definition) is 0. The fraction of sp³-hybridized carbons (Fsp3) is 0.391. The maximum absolute atomic E-state index is 13.3. The van der Waals surface area contributed by atoms with E-state index in [1.807, 2.05) is 11.8 Å². The standard InChI is InChI=1S/C23H26FN3O/c1-15-12-20-21(13-16(15)2)27(17(3)23(28)26-10-4-5-11-26)22(25-20)14-18-6-8-19(24)9-7-18/h6-9,12-13,17H,4-5,10-11,14H2,1-3H3/t17-/m0/s1. The van der Waals surface area contributed by atoms with Gasteiger partial charge in [-0.15, -0.1) is 0 Å². The molecule has 1 saturated heterocycles. The van der Waals surface area contributed by atoms with Crippen molar-refractivity contribution in [2.24, 2.45) is 0 Å². The van der Waals surface area contributed by atoms with Gasteiger partial charge in [0, 0.05) is 19.5 Å². The van der Waals surface area contributed by atoms with E-state index in [-0.39, 0.29) is 17.8 Å². The van der Waals surface area contributed by atoms with E-state index in [0.717, 1.165) is 48.4 Å². The van der Waals surface area contributed by atoms with Crippen molar-refractivity contribution in [1.29, 1.82) is 0 Å². The highest BCUT2D eigenvalue weighted by Crippen LogP contribution is 2.27. The lowest BCUT2D eigenvalue weighted by Crippen LogP contribution is -2.34. The molecule has 3 aromatic rings. The molecule has 0 N–H and O–H groups in total. The van der Waals surface area contributed by atoms with E-state index in [2.05, 4.69) is 30.5 Å². The Kier molecular flexibility index (Phi) is 4.92. The van der Waals surface area contributed by atoms with Crippen LogP contribution in [0.4, 0.5) is 4.39 Å². The minimum atomic E-state index is -0.319. The van der Waals surface area contributed by atoms with E-state index >= 15 is 0 Å². The number of rotatable bonds is 4. The van der Waals surface area contributed by atoms with Gasteiger partial charge in [0.1, 0.15) is 17.7 Å². The van der Waals surface area contributed by atoms with Crippen LogP contribution in [0.15, 0.2) is 36.4 Å². The summed E-state index contributed by atoms with van der Waals surface area (Å²) in [5, 5.41) is 0. The number of carbonyl (C=O) groups excluding carboxylic acids is 1. The minimum absolute atomic E-state index is 0.149. The van der Waals surface area contributed by atoms with Gasteiger partial charge in [-0.1, -0.05) is 12.1 Å². The Bertz CT molecular complexity index is 1020. The molecule has 0 aliphatic carbocycles. The average Bonchev–Trinajstić information content (AvgIpc) is 3.31. The molecule has 0 unspecified atom stereocenters. The van der Waals surface area contributed by atoms with E-state index in [1.54, 1.807) is 12.1 Å². The van der Waals surface area contributed by atoms with Crippen molar-refractivity contribution in [3.05, 3.63) is 64.7 Å². The number of fused-ring (bicyclic) bond motifs is 1. The lowest BCUT2D eigenvalue weighted by atomic mass is 10.1. The van der Waals surface area contributed by atoms with Gasteiger partial charge < -0.3 is 9.47 Å². The number of amides is 1. The molecule has 1 fully saturated rings. The smallest absolute Gasteiger partial charge is 0.245 e. The molecular formula is C23H26FN3O. The summed E-state index contributed by atoms with van der Waals surface area (Å²) in [6.45, 7) is 7.79. The summed E-state index contributed by atoms with van der Waals surface area (Å²) in [6.07, 6.45) is 2.71. The first-order valence-corrected chi connectivity index (χ1v) is 9.95. The SMILES string of the molecule is Cc1cc2nc(Cc3ccc(F)cc3)n([C@@H](C)C(=O)N3CCCC3)c2cc1C. The highest BCUT2D eigenvalue weighted by molar-refractivity contribution is 5.85. The number of imidazole rings is 1. The van der Waals surface area contributed by atoms with Crippen molar-refractivity contribution >= 4 is 16.9 Å². The van der Waals surface area contributed by atoms with Crippen LogP contribution < -0.4 is 0 Å². The Morgan fingerprint density at radius 2 is 1.75 bits per heavy atom. The topological polar surface area (TPSA) is 38.1 Å². The summed E-state index contributed by atoms with van der Waals surface area (Å²) < 4.78 is 15.4. The summed E-state index contributed by atoms with van der Waals surface area (Å²) in [4.78, 5) is 19.9. The molecule has 0 saturated carbocycles. The van der Waals surface area contributed by atoms with Gasteiger partial charge >= 0.3 is 0 Å². The van der Waals surface area contributed by atoms with Crippen molar-refractivity contribution in [3.8, 4) is 0 Å². The lowest BCUT2D eigenvalue weighted by Gasteiger charge is -2.23. The molecule has 0 bridgehead atoms. The molecule has 1 aromatic heterocycles. The highest BCUT2D eigenvalue weighted by atomic mass is 19.1. The van der Waals surface area contributed by atoms with Gasteiger partial charge in [0.2, 0.25) is 5.91 Å². The van der Waals surface area contributed by atoms with Crippen LogP contribution in [-0.2, 0) is 11.2 Å². The van der Waals surface area contributed by atoms with Gasteiger partial charge in [-0.3, -0.25) is 4.79 Å². The number of likely N-dealkylation sites (tertiary alicyclic amines) is 1. The number of carbonyl (C=O) groups is 1. The Labute approximate surface area is 165 Å². The Hall–Kier alpha value is -2.69. The van der Waals surface area contributed by atoms with E-state index in [1.165, 1.54) is 23.3 Å². The summed E-state index contributed by atoms with van der Waals surface area (Å²) in [6, 6.07) is 10.4. The summed E-state index contributed by atoms with van der Waals surface area (Å²) >= 11 is 0. The number of nitrogens with zero attached hydrogens (tertiary/aromatic N) is 3. The van der Waals surface area contributed by atoms with Crippen molar-refractivity contribution in [3.63, 3.8) is 0 Å². The maximum Gasteiger partial charge on any atom is 0.245 e. The highest BCUT2D eigenvalue weighted by Gasteiger charge is 2.27. The Morgan fingerprint density at radius 3 is 2.43 bits per heavy atom. The van der Waals surface area contributed by atoms with Crippen LogP contribution in [0, 0.1) is 19.7 Å². The molecule has 1 aliphatic heterocycles. The predicted molar refractivity (Wildman–Crippen MR) is 109 cm³/mol. The first-order valence-electron chi connectivity index (χ1n) is 9.95. The summed E-state index contributed by atoms with van der Waals surface area (Å²) in [7, 11) is 0. The third kappa shape index (κ3) is 3.41. The van der Waals surface area contributed by atoms with Crippen LogP contribution >= 0.6 is 0 Å². The predicted octanol–water partition coefficient (Wildman–Crippen LogP) is 4.57. The van der Waals surface area contributed by atoms with Crippen LogP contribution in [0.25, 0.3) is 11.0 Å². The molecule has 2 aromatic carbocycles. The van der Waals surface area contributed by atoms with Crippen molar-refractivity contribution in [1.82, 2.24) is 14.5 Å². The zero-order valence-electron chi connectivity index (χ0n) is 16.7. The molecule has 0 radical (unpaired) electrons. The van der Waals surface area contributed by atoms with Crippen LogP contribution in [0.1, 0.15) is 48.3 Å². The molecule has 1 aliphatic rings. The van der Waals surface area contributed by atoms with Gasteiger partial charge in [-0.05, 0) is 74.6 Å². The molecule has 0 spiro atoms. The second-order valence-electron chi connectivity index (χ2n) is 7.83. The van der Waals surface area contributed by atoms with Crippen LogP contribution in [-0.4, -0.2) is 33.4 Å². The molecule has 28 heavy (non-hydrogen) atoms. The quantitative estimate of drug-likeness (QED) is 0.666. The van der Waals surface area contributed by atoms with Gasteiger partial charge in [0.25, 0.3) is 0 Å². The third-order valence-electron chi connectivity index (χ3n) is 5.82. The van der Waals surface area contributed by atoms with Gasteiger partial charge in [-0.25, -0.2) is 9.37 Å². The zero-order chi connectivity index (χ0) is 19.8. The minimum Gasteiger partial charge on any atom is -0.341 e. The second kappa shape index (κ2) is 7.38. The van der Waals surface area contributed by atoms with Crippen molar-refractivity contribution in [2.75, 3.05) is 13.1 Å². The normalized spacial score (nSPS) is 15.4. The largest absolute Gasteiger partial charge is 0.341 e. The first-order chi connectivity index (χ1) is 13.4. The van der Waals surface area contributed by atoms with E-state index in [4.69, 9.17) is 4.98 Å². The number of aryl methyl sites for hydroxylation is 2. The van der Waals surface area contributed by atoms with Gasteiger partial charge in [-0.2, -0.15) is 0 Å². The van der Waals surface area contributed by atoms with Gasteiger partial charge in [0.15, 0.2) is 0 Å². The second-order valence-corrected chi connectivity index (χ2v) is 7.83. The van der Waals surface area contributed by atoms with Crippen LogP contribution in [0.5, 0.6) is 0 Å². The van der Waals surface area contributed by atoms with E-state index in [9.17, 15) is 9.18 Å². The molecule has 5 heteroatoms. The van der Waals surface area contributed by atoms with Crippen molar-refractivity contribution in [2.45, 2.75) is 46.1 Å². The van der Waals surface area contributed by atoms with Gasteiger partial charge in [0.05, 0.1) is 11.0 Å². The lowest BCUT2D eigenvalue weighted by molar-refractivity contribution is -0.133. The molecular weight excluding hydrogens is 353 g/mol. The summed E-state index contributed by atoms with van der Waals surface area (Å²) in [5.41, 5.74) is 5.24. The molecule has 1 amide bonds. The molecule has 4 rings (SSSR count). The Morgan fingerprint density at radius 1 is 1.11 bits per heavy atom. The number of hydrogen-bond acceptors (Lipinski definition) is 2. The third-order valence-corrected chi connectivity index (χ3v) is 5.82. The number of benzene rings is 2. The molecule has 1 atom stereocenters. The maximum atomic E-state index is 13.3. The number of halogens is 1. The van der Waals surface area contributed by atoms with Crippen LogP contribution in [0.3, 0.4) is 0 Å². The summed E-state index contributed by atoms with van der Waals surface area (Å²) in [5.74, 6) is 0.739. The fourth-order valence-corrected chi connectivity index (χ4v) is 4.05. The van der Waals surface area contributed by atoms with Crippen molar-refractivity contribution < 1.29 is 9.18 Å². The Balaban J connectivity index is 1.79. The van der Waals surface area contributed by atoms with E-state index < -0.39 is 0 Å². The number of aromatic nitrogens is 2. The fourth-order valence-electron chi connectivity index (χ4n) is 4.05. The monoisotopic (exact) mass is 379 g/mol. The average molecular weight is 379 g/mol. The van der Waals surface area contributed by atoms with E-state index in [0.29, 0.717) is 6.42 Å². The first kappa shape index (κ1) is 18.7.